The highest BCUT2D eigenvalue weighted by Gasteiger charge is 2.21. The summed E-state index contributed by atoms with van der Waals surface area (Å²) >= 11 is 6.76. The predicted molar refractivity (Wildman–Crippen MR) is 110 cm³/mol. The van der Waals surface area contributed by atoms with Crippen LogP contribution in [-0.2, 0) is 9.53 Å². The number of halogens is 1. The third-order valence-electron chi connectivity index (χ3n) is 3.52. The fourth-order valence-electron chi connectivity index (χ4n) is 2.24. The lowest BCUT2D eigenvalue weighted by Crippen LogP contribution is -2.26. The lowest BCUT2D eigenvalue weighted by Gasteiger charge is -2.14. The number of methoxy groups -OCH3 is 3. The second-order valence-corrected chi connectivity index (χ2v) is 6.38. The van der Waals surface area contributed by atoms with Crippen LogP contribution in [0.5, 0.6) is 17.2 Å². The molecule has 0 aliphatic heterocycles. The normalized spacial score (nSPS) is 10.7. The molecule has 1 amide bonds. The third kappa shape index (κ3) is 5.36. The number of carbonyl (C=O) groups excluding carboxylic acids is 2. The van der Waals surface area contributed by atoms with Gasteiger partial charge in [-0.05, 0) is 19.1 Å². The van der Waals surface area contributed by atoms with Gasteiger partial charge in [0.25, 0.3) is 5.91 Å². The molecule has 0 radical (unpaired) electrons. The number of hydrogen-bond acceptors (Lipinski definition) is 9. The van der Waals surface area contributed by atoms with Crippen molar-refractivity contribution in [2.24, 2.45) is 5.10 Å². The van der Waals surface area contributed by atoms with Crippen molar-refractivity contribution in [2.45, 2.75) is 6.92 Å². The van der Waals surface area contributed by atoms with Gasteiger partial charge in [0.05, 0.1) is 34.2 Å². The Labute approximate surface area is 176 Å². The fraction of sp³-hybridized carbons (Fsp3) is 0.333. The standard InChI is InChI=1S/C18H20ClN3O6S/c1-5-28-17(24)12-10-29-18(21-12)22(15(23)8-19)20-9-11-6-13(25-2)16(27-4)14(7-11)26-3/h6-7,9-10H,5,8H2,1-4H3/b20-9-. The highest BCUT2D eigenvalue weighted by atomic mass is 35.5. The first-order valence-corrected chi connectivity index (χ1v) is 9.75. The van der Waals surface area contributed by atoms with Crippen LogP contribution in [0.3, 0.4) is 0 Å². The average molecular weight is 442 g/mol. The second kappa shape index (κ2) is 10.6. The molecule has 2 rings (SSSR count). The Balaban J connectivity index is 2.37. The molecule has 156 valence electrons. The minimum atomic E-state index is -0.582. The second-order valence-electron chi connectivity index (χ2n) is 5.28. The maximum Gasteiger partial charge on any atom is 0.357 e. The highest BCUT2D eigenvalue weighted by Crippen LogP contribution is 2.37. The maximum atomic E-state index is 12.2. The number of anilines is 1. The number of alkyl halides is 1. The molecular weight excluding hydrogens is 422 g/mol. The molecular formula is C18H20ClN3O6S. The summed E-state index contributed by atoms with van der Waals surface area (Å²) in [6, 6.07) is 3.33. The Morgan fingerprint density at radius 2 is 1.86 bits per heavy atom. The number of carbonyl (C=O) groups is 2. The summed E-state index contributed by atoms with van der Waals surface area (Å²) in [6.07, 6.45) is 1.42. The van der Waals surface area contributed by atoms with Gasteiger partial charge in [-0.1, -0.05) is 0 Å². The van der Waals surface area contributed by atoms with E-state index in [4.69, 9.17) is 30.5 Å². The minimum Gasteiger partial charge on any atom is -0.493 e. The van der Waals surface area contributed by atoms with E-state index in [1.165, 1.54) is 32.9 Å². The van der Waals surface area contributed by atoms with Gasteiger partial charge in [-0.2, -0.15) is 10.1 Å². The molecule has 0 unspecified atom stereocenters. The topological polar surface area (TPSA) is 99.5 Å². The molecule has 1 aromatic carbocycles. The van der Waals surface area contributed by atoms with Gasteiger partial charge in [0, 0.05) is 10.9 Å². The summed E-state index contributed by atoms with van der Waals surface area (Å²) in [7, 11) is 4.49. The van der Waals surface area contributed by atoms with Crippen LogP contribution in [0.4, 0.5) is 5.13 Å². The van der Waals surface area contributed by atoms with Crippen molar-refractivity contribution in [3.63, 3.8) is 0 Å². The van der Waals surface area contributed by atoms with Crippen LogP contribution in [0.15, 0.2) is 22.6 Å². The largest absolute Gasteiger partial charge is 0.493 e. The average Bonchev–Trinajstić information content (AvgIpc) is 3.22. The van der Waals surface area contributed by atoms with Gasteiger partial charge in [0.2, 0.25) is 10.9 Å². The van der Waals surface area contributed by atoms with Crippen molar-refractivity contribution in [3.8, 4) is 17.2 Å². The molecule has 0 atom stereocenters. The fourth-order valence-corrected chi connectivity index (χ4v) is 3.12. The summed E-state index contributed by atoms with van der Waals surface area (Å²) < 4.78 is 20.8. The molecule has 0 bridgehead atoms. The first-order valence-electron chi connectivity index (χ1n) is 8.34. The van der Waals surface area contributed by atoms with Gasteiger partial charge in [0.15, 0.2) is 17.2 Å². The summed E-state index contributed by atoms with van der Waals surface area (Å²) in [5.41, 5.74) is 0.663. The molecule has 0 saturated heterocycles. The van der Waals surface area contributed by atoms with E-state index >= 15 is 0 Å². The van der Waals surface area contributed by atoms with Crippen LogP contribution in [0.25, 0.3) is 0 Å². The van der Waals surface area contributed by atoms with Crippen molar-refractivity contribution in [1.29, 1.82) is 0 Å². The van der Waals surface area contributed by atoms with Gasteiger partial charge < -0.3 is 18.9 Å². The van der Waals surface area contributed by atoms with E-state index < -0.39 is 11.9 Å². The SMILES string of the molecule is CCOC(=O)c1csc(N(/N=C\c2cc(OC)c(OC)c(OC)c2)C(=O)CCl)n1. The summed E-state index contributed by atoms with van der Waals surface area (Å²) in [5.74, 6) is -0.118. The zero-order valence-electron chi connectivity index (χ0n) is 16.3. The third-order valence-corrected chi connectivity index (χ3v) is 4.56. The number of amides is 1. The first-order chi connectivity index (χ1) is 14.0. The van der Waals surface area contributed by atoms with Crippen molar-refractivity contribution in [1.82, 2.24) is 4.98 Å². The molecule has 0 N–H and O–H groups in total. The number of rotatable bonds is 9. The Bertz CT molecular complexity index is 876. The van der Waals surface area contributed by atoms with Gasteiger partial charge in [0.1, 0.15) is 5.88 Å². The molecule has 29 heavy (non-hydrogen) atoms. The Kier molecular flexibility index (Phi) is 8.22. The van der Waals surface area contributed by atoms with E-state index in [1.54, 1.807) is 19.1 Å². The summed E-state index contributed by atoms with van der Waals surface area (Å²) in [4.78, 5) is 28.2. The highest BCUT2D eigenvalue weighted by molar-refractivity contribution is 7.14. The number of ether oxygens (including phenoxy) is 4. The van der Waals surface area contributed by atoms with Crippen molar-refractivity contribution < 1.29 is 28.5 Å². The molecule has 0 aliphatic rings. The van der Waals surface area contributed by atoms with Gasteiger partial charge in [-0.3, -0.25) is 4.79 Å². The van der Waals surface area contributed by atoms with Crippen LogP contribution in [0.2, 0.25) is 0 Å². The quantitative estimate of drug-likeness (QED) is 0.255. The Hall–Kier alpha value is -2.85. The van der Waals surface area contributed by atoms with Crippen LogP contribution >= 0.6 is 22.9 Å². The molecule has 11 heteroatoms. The summed E-state index contributed by atoms with van der Waals surface area (Å²) in [6.45, 7) is 1.91. The van der Waals surface area contributed by atoms with E-state index in [1.807, 2.05) is 0 Å². The van der Waals surface area contributed by atoms with Gasteiger partial charge in [-0.15, -0.1) is 22.9 Å². The van der Waals surface area contributed by atoms with Gasteiger partial charge >= 0.3 is 5.97 Å². The van der Waals surface area contributed by atoms with E-state index in [2.05, 4.69) is 10.1 Å². The first kappa shape index (κ1) is 22.4. The number of hydrazone groups is 1. The van der Waals surface area contributed by atoms with Crippen LogP contribution < -0.4 is 19.2 Å². The summed E-state index contributed by atoms with van der Waals surface area (Å²) in [5, 5.41) is 6.86. The zero-order valence-corrected chi connectivity index (χ0v) is 17.9. The van der Waals surface area contributed by atoms with Crippen LogP contribution in [0.1, 0.15) is 23.0 Å². The smallest absolute Gasteiger partial charge is 0.357 e. The molecule has 2 aromatic rings. The number of esters is 1. The molecule has 1 aromatic heterocycles. The van der Waals surface area contributed by atoms with Crippen molar-refractivity contribution >= 4 is 46.2 Å². The van der Waals surface area contributed by atoms with Crippen LogP contribution in [0, 0.1) is 0 Å². The van der Waals surface area contributed by atoms with E-state index in [-0.39, 0.29) is 23.3 Å². The zero-order chi connectivity index (χ0) is 21.4. The number of thiazole rings is 1. The van der Waals surface area contributed by atoms with E-state index in [9.17, 15) is 9.59 Å². The number of hydrogen-bond donors (Lipinski definition) is 0. The number of nitrogens with zero attached hydrogens (tertiary/aromatic N) is 3. The Morgan fingerprint density at radius 3 is 2.38 bits per heavy atom. The van der Waals surface area contributed by atoms with Crippen molar-refractivity contribution in [3.05, 3.63) is 28.8 Å². The van der Waals surface area contributed by atoms with Crippen molar-refractivity contribution in [2.75, 3.05) is 38.8 Å². The molecule has 1 heterocycles. The predicted octanol–water partition coefficient (Wildman–Crippen LogP) is 2.95. The van der Waals surface area contributed by atoms with Gasteiger partial charge in [-0.25, -0.2) is 9.78 Å². The van der Waals surface area contributed by atoms with E-state index in [0.717, 1.165) is 16.3 Å². The molecule has 0 saturated carbocycles. The molecule has 0 aliphatic carbocycles. The van der Waals surface area contributed by atoms with E-state index in [0.29, 0.717) is 22.8 Å². The number of benzene rings is 1. The lowest BCUT2D eigenvalue weighted by molar-refractivity contribution is -0.116. The Morgan fingerprint density at radius 1 is 1.21 bits per heavy atom. The number of aromatic nitrogens is 1. The monoisotopic (exact) mass is 441 g/mol. The minimum absolute atomic E-state index is 0.0854. The molecule has 0 fully saturated rings. The lowest BCUT2D eigenvalue weighted by atomic mass is 10.2. The molecule has 0 spiro atoms. The van der Waals surface area contributed by atoms with Crippen LogP contribution in [-0.4, -0.2) is 56.9 Å². The maximum absolute atomic E-state index is 12.2. The molecule has 9 nitrogen and oxygen atoms in total.